The Morgan fingerprint density at radius 2 is 0.562 bits per heavy atom. The zero-order valence-electron chi connectivity index (χ0n) is 44.8. The quantitative estimate of drug-likeness (QED) is 0.0884. The number of rotatable bonds is 16. The zero-order valence-corrected chi connectivity index (χ0v) is 47.3. The van der Waals surface area contributed by atoms with Crippen molar-refractivity contribution in [2.24, 2.45) is 0 Å². The highest BCUT2D eigenvalue weighted by Gasteiger charge is 2.19. The Balaban J connectivity index is 0.000000246. The molecular weight excluding hydrogens is 965 g/mol. The SMILES string of the molecule is CCC(=O)c1ccc(CC)cc1.CCc1ccc(CC)cc1.CCc1ccc(S(=O)(=O)CC)cc1.CCc1ccc(S(=O)(=O)c2ccc(CC)cc2)cc1.CCc1cccc(S(=O)(=O)c2cccc(CC)c2)c1. The molecule has 0 radical (unpaired) electrons. The third kappa shape index (κ3) is 19.1. The smallest absolute Gasteiger partial charge is 0.206 e. The van der Waals surface area contributed by atoms with Gasteiger partial charge in [-0.05, 0) is 157 Å². The van der Waals surface area contributed by atoms with E-state index in [4.69, 9.17) is 0 Å². The van der Waals surface area contributed by atoms with Gasteiger partial charge >= 0.3 is 0 Å². The van der Waals surface area contributed by atoms with Crippen LogP contribution in [0.15, 0.2) is 194 Å². The van der Waals surface area contributed by atoms with Crippen molar-refractivity contribution in [1.29, 1.82) is 0 Å². The molecule has 0 fully saturated rings. The van der Waals surface area contributed by atoms with Crippen molar-refractivity contribution in [3.63, 3.8) is 0 Å². The number of benzene rings is 7. The molecule has 0 spiro atoms. The summed E-state index contributed by atoms with van der Waals surface area (Å²) in [6.07, 6.45) is 8.32. The summed E-state index contributed by atoms with van der Waals surface area (Å²) in [4.78, 5) is 13.1. The molecule has 7 aromatic carbocycles. The standard InChI is InChI=1S/2C16H18O2S.C11H14O.C10H14O2S.C10H14/c1-3-13-5-9-15(10-6-13)19(17,18)16-11-7-14(4-2)8-12-16;1-3-13-7-5-9-15(11-13)19(17,18)16-10-6-8-14(4-2)12-16;1-3-9-5-7-10(8-6-9)11(12)4-2;1-3-9-5-7-10(8-6-9)13(11,12)4-2;1-3-9-5-7-10(4-2)8-6-9/h2*5-12H,3-4H2,1-2H3;5-8H,3-4H2,1-2H3;5-8H,3-4H2,1-2H3;5-8H,3-4H2,1-2H3. The molecule has 0 atom stereocenters. The van der Waals surface area contributed by atoms with Gasteiger partial charge in [-0.1, -0.05) is 178 Å². The van der Waals surface area contributed by atoms with E-state index in [0.717, 1.165) is 84.7 Å². The number of aryl methyl sites for hydroxylation is 8. The Morgan fingerprint density at radius 3 is 0.836 bits per heavy atom. The van der Waals surface area contributed by atoms with Gasteiger partial charge in [0, 0.05) is 12.0 Å². The molecule has 7 rings (SSSR count). The van der Waals surface area contributed by atoms with Crippen molar-refractivity contribution in [3.05, 3.63) is 220 Å². The average Bonchev–Trinajstić information content (AvgIpc) is 3.45. The van der Waals surface area contributed by atoms with E-state index in [1.165, 1.54) is 16.7 Å². The molecule has 0 aromatic heterocycles. The topological polar surface area (TPSA) is 119 Å². The van der Waals surface area contributed by atoms with E-state index < -0.39 is 29.5 Å². The predicted molar refractivity (Wildman–Crippen MR) is 303 cm³/mol. The van der Waals surface area contributed by atoms with E-state index in [1.54, 1.807) is 79.7 Å². The molecule has 0 heterocycles. The highest BCUT2D eigenvalue weighted by molar-refractivity contribution is 7.92. The zero-order chi connectivity index (χ0) is 54.0. The van der Waals surface area contributed by atoms with Crippen LogP contribution in [0.25, 0.3) is 0 Å². The van der Waals surface area contributed by atoms with Crippen LogP contribution in [-0.2, 0) is 80.9 Å². The molecule has 0 N–H and O–H groups in total. The van der Waals surface area contributed by atoms with Gasteiger partial charge in [0.1, 0.15) is 0 Å². The normalized spacial score (nSPS) is 11.0. The van der Waals surface area contributed by atoms with E-state index in [1.807, 2.05) is 114 Å². The first-order chi connectivity index (χ1) is 34.9. The van der Waals surface area contributed by atoms with Crippen LogP contribution in [0.4, 0.5) is 0 Å². The molecule has 0 aliphatic rings. The summed E-state index contributed by atoms with van der Waals surface area (Å²) in [5, 5.41) is 0. The van der Waals surface area contributed by atoms with Crippen LogP contribution in [0.5, 0.6) is 0 Å². The van der Waals surface area contributed by atoms with Gasteiger partial charge in [-0.25, -0.2) is 25.3 Å². The Bertz CT molecular complexity index is 2940. The summed E-state index contributed by atoms with van der Waals surface area (Å²) >= 11 is 0. The summed E-state index contributed by atoms with van der Waals surface area (Å²) in [5.74, 6) is 0.385. The molecule has 0 bridgehead atoms. The second-order valence-corrected chi connectivity index (χ2v) is 23.4. The summed E-state index contributed by atoms with van der Waals surface area (Å²) in [7, 11) is -9.82. The Kier molecular flexibility index (Phi) is 26.0. The Morgan fingerprint density at radius 1 is 0.301 bits per heavy atom. The minimum atomic E-state index is -3.40. The minimum Gasteiger partial charge on any atom is -0.294 e. The molecule has 10 heteroatoms. The molecule has 0 amide bonds. The van der Waals surface area contributed by atoms with Crippen molar-refractivity contribution in [2.45, 2.75) is 152 Å². The van der Waals surface area contributed by atoms with Gasteiger partial charge in [0.25, 0.3) is 0 Å². The minimum absolute atomic E-state index is 0.165. The third-order valence-electron chi connectivity index (χ3n) is 12.4. The highest BCUT2D eigenvalue weighted by Crippen LogP contribution is 2.24. The molecule has 390 valence electrons. The summed E-state index contributed by atoms with van der Waals surface area (Å²) in [6, 6.07) is 52.3. The van der Waals surface area contributed by atoms with Crippen molar-refractivity contribution >= 4 is 35.3 Å². The molecular formula is C63H78O7S3. The van der Waals surface area contributed by atoms with Gasteiger partial charge in [-0.15, -0.1) is 0 Å². The molecule has 0 saturated heterocycles. The van der Waals surface area contributed by atoms with Crippen molar-refractivity contribution in [2.75, 3.05) is 5.75 Å². The van der Waals surface area contributed by atoms with E-state index in [2.05, 4.69) is 45.0 Å². The molecule has 0 aliphatic carbocycles. The molecule has 0 aliphatic heterocycles. The predicted octanol–water partition coefficient (Wildman–Crippen LogP) is 15.0. The fraction of sp³-hybridized carbons (Fsp3) is 0.317. The van der Waals surface area contributed by atoms with Crippen LogP contribution in [0.2, 0.25) is 0 Å². The first-order valence-corrected chi connectivity index (χ1v) is 30.4. The maximum absolute atomic E-state index is 12.6. The number of carbonyl (C=O) groups excluding carboxylic acids is 1. The number of ketones is 1. The lowest BCUT2D eigenvalue weighted by atomic mass is 10.1. The largest absolute Gasteiger partial charge is 0.294 e. The second-order valence-electron chi connectivity index (χ2n) is 17.3. The van der Waals surface area contributed by atoms with E-state index >= 15 is 0 Å². The van der Waals surface area contributed by atoms with Crippen molar-refractivity contribution < 1.29 is 30.0 Å². The molecule has 73 heavy (non-hydrogen) atoms. The lowest BCUT2D eigenvalue weighted by Gasteiger charge is -2.07. The fourth-order valence-corrected chi connectivity index (χ4v) is 10.7. The number of carbonyl (C=O) groups is 1. The number of Topliss-reactive ketones (excluding diaryl/α,β-unsaturated/α-hetero) is 1. The van der Waals surface area contributed by atoms with Gasteiger partial charge in [0.2, 0.25) is 19.7 Å². The van der Waals surface area contributed by atoms with E-state index in [0.29, 0.717) is 30.9 Å². The Labute approximate surface area is 439 Å². The third-order valence-corrected chi connectivity index (χ3v) is 17.7. The van der Waals surface area contributed by atoms with Crippen LogP contribution in [0.3, 0.4) is 0 Å². The summed E-state index contributed by atoms with van der Waals surface area (Å²) < 4.78 is 72.8. The maximum atomic E-state index is 12.6. The molecule has 7 aromatic rings. The number of sulfone groups is 3. The van der Waals surface area contributed by atoms with Crippen molar-refractivity contribution in [3.8, 4) is 0 Å². The van der Waals surface area contributed by atoms with Crippen LogP contribution in [0.1, 0.15) is 131 Å². The van der Waals surface area contributed by atoms with Crippen LogP contribution < -0.4 is 0 Å². The maximum Gasteiger partial charge on any atom is 0.206 e. The average molecular weight is 1040 g/mol. The lowest BCUT2D eigenvalue weighted by Crippen LogP contribution is -2.03. The van der Waals surface area contributed by atoms with Crippen LogP contribution in [-0.4, -0.2) is 36.8 Å². The number of hydrogen-bond donors (Lipinski definition) is 0. The summed E-state index contributed by atoms with van der Waals surface area (Å²) in [6.45, 7) is 20.2. The van der Waals surface area contributed by atoms with Gasteiger partial charge in [-0.3, -0.25) is 4.79 Å². The van der Waals surface area contributed by atoms with Gasteiger partial charge < -0.3 is 0 Å². The molecule has 0 saturated carbocycles. The fourth-order valence-electron chi connectivity index (χ4n) is 7.19. The Hall–Kier alpha value is -5.94. The molecule has 0 unspecified atom stereocenters. The van der Waals surface area contributed by atoms with Gasteiger partial charge in [0.15, 0.2) is 15.6 Å². The monoisotopic (exact) mass is 1040 g/mol. The van der Waals surface area contributed by atoms with Crippen molar-refractivity contribution in [1.82, 2.24) is 0 Å². The lowest BCUT2D eigenvalue weighted by molar-refractivity contribution is 0.0988. The first kappa shape index (κ1) is 61.4. The second kappa shape index (κ2) is 30.9. The van der Waals surface area contributed by atoms with Crippen LogP contribution >= 0.6 is 0 Å². The first-order valence-electron chi connectivity index (χ1n) is 25.8. The molecule has 7 nitrogen and oxygen atoms in total. The number of hydrogen-bond acceptors (Lipinski definition) is 7. The van der Waals surface area contributed by atoms with Gasteiger partial charge in [0.05, 0.1) is 30.2 Å². The van der Waals surface area contributed by atoms with E-state index in [-0.39, 0.29) is 11.5 Å². The van der Waals surface area contributed by atoms with Gasteiger partial charge in [-0.2, -0.15) is 0 Å². The summed E-state index contributed by atoms with van der Waals surface area (Å²) in [5.41, 5.74) is 10.5. The van der Waals surface area contributed by atoms with E-state index in [9.17, 15) is 30.0 Å². The highest BCUT2D eigenvalue weighted by atomic mass is 32.2. The van der Waals surface area contributed by atoms with Crippen LogP contribution in [0, 0.1) is 0 Å².